The second kappa shape index (κ2) is 10.0. The van der Waals surface area contributed by atoms with Crippen LogP contribution in [0.5, 0.6) is 0 Å². The molecule has 1 atom stereocenters. The molecule has 0 aliphatic heterocycles. The maximum absolute atomic E-state index is 12.1. The molecule has 0 aromatic carbocycles. The summed E-state index contributed by atoms with van der Waals surface area (Å²) < 4.78 is 5.33. The Hall–Kier alpha value is -0.850. The third-order valence-electron chi connectivity index (χ3n) is 4.35. The Morgan fingerprint density at radius 1 is 1.27 bits per heavy atom. The van der Waals surface area contributed by atoms with Crippen molar-refractivity contribution in [1.29, 1.82) is 0 Å². The highest BCUT2D eigenvalue weighted by molar-refractivity contribution is 5.87. The zero-order chi connectivity index (χ0) is 16.0. The number of hydrogen-bond acceptors (Lipinski definition) is 4. The number of carbonyl (C=O) groups is 2. The smallest absolute Gasteiger partial charge is 0.241 e. The maximum Gasteiger partial charge on any atom is 0.241 e. The molecular weight excluding hydrogens is 306 g/mol. The molecule has 0 heterocycles. The summed E-state index contributed by atoms with van der Waals surface area (Å²) in [6.07, 6.45) is 4.15. The van der Waals surface area contributed by atoms with E-state index in [2.05, 4.69) is 5.32 Å². The fourth-order valence-electron chi connectivity index (χ4n) is 2.58. The monoisotopic (exact) mass is 335 g/mol. The van der Waals surface area contributed by atoms with Crippen LogP contribution in [0, 0.1) is 5.92 Å². The van der Waals surface area contributed by atoms with Gasteiger partial charge in [0.2, 0.25) is 11.8 Å². The molecule has 2 amide bonds. The van der Waals surface area contributed by atoms with Crippen LogP contribution in [0.1, 0.15) is 39.5 Å². The van der Waals surface area contributed by atoms with Gasteiger partial charge in [-0.15, -0.1) is 12.4 Å². The standard InChI is InChI=1S/C15H29N3O3.ClH/c1-10(2)14(16)15(20)17-9-13(19)18(3)11-5-7-12(21-4)8-6-11;/h10-12,14H,5-9,16H2,1-4H3,(H,17,20);1H/t11?,12?,14-;/m0./s1. The van der Waals surface area contributed by atoms with E-state index in [0.29, 0.717) is 6.10 Å². The van der Waals surface area contributed by atoms with Crippen molar-refractivity contribution in [1.82, 2.24) is 10.2 Å². The minimum atomic E-state index is -0.569. The minimum absolute atomic E-state index is 0. The largest absolute Gasteiger partial charge is 0.381 e. The Labute approximate surface area is 139 Å². The maximum atomic E-state index is 12.1. The number of rotatable bonds is 6. The minimum Gasteiger partial charge on any atom is -0.381 e. The molecule has 0 radical (unpaired) electrons. The summed E-state index contributed by atoms with van der Waals surface area (Å²) in [4.78, 5) is 25.6. The van der Waals surface area contributed by atoms with Crippen LogP contribution in [0.4, 0.5) is 0 Å². The van der Waals surface area contributed by atoms with E-state index >= 15 is 0 Å². The van der Waals surface area contributed by atoms with Crippen LogP contribution in [0.25, 0.3) is 0 Å². The second-order valence-corrected chi connectivity index (χ2v) is 6.16. The van der Waals surface area contributed by atoms with Crippen molar-refractivity contribution in [3.63, 3.8) is 0 Å². The Morgan fingerprint density at radius 2 is 1.82 bits per heavy atom. The van der Waals surface area contributed by atoms with Gasteiger partial charge in [-0.3, -0.25) is 9.59 Å². The van der Waals surface area contributed by atoms with Gasteiger partial charge in [-0.25, -0.2) is 0 Å². The molecule has 0 aromatic rings. The molecule has 130 valence electrons. The third-order valence-corrected chi connectivity index (χ3v) is 4.35. The first-order valence-corrected chi connectivity index (χ1v) is 7.68. The lowest BCUT2D eigenvalue weighted by Gasteiger charge is -2.34. The van der Waals surface area contributed by atoms with Crippen molar-refractivity contribution < 1.29 is 14.3 Å². The van der Waals surface area contributed by atoms with E-state index in [9.17, 15) is 9.59 Å². The van der Waals surface area contributed by atoms with Crippen molar-refractivity contribution >= 4 is 24.2 Å². The summed E-state index contributed by atoms with van der Waals surface area (Å²) in [5, 5.41) is 2.62. The molecule has 7 heteroatoms. The lowest BCUT2D eigenvalue weighted by molar-refractivity contribution is -0.134. The second-order valence-electron chi connectivity index (χ2n) is 6.16. The third kappa shape index (κ3) is 6.10. The van der Waals surface area contributed by atoms with Crippen molar-refractivity contribution in [2.75, 3.05) is 20.7 Å². The summed E-state index contributed by atoms with van der Waals surface area (Å²) >= 11 is 0. The Morgan fingerprint density at radius 3 is 2.27 bits per heavy atom. The number of nitrogens with two attached hydrogens (primary N) is 1. The highest BCUT2D eigenvalue weighted by Crippen LogP contribution is 2.23. The summed E-state index contributed by atoms with van der Waals surface area (Å²) in [5.74, 6) is -0.280. The van der Waals surface area contributed by atoms with Crippen LogP contribution >= 0.6 is 12.4 Å². The van der Waals surface area contributed by atoms with Gasteiger partial charge in [0, 0.05) is 20.2 Å². The van der Waals surface area contributed by atoms with Gasteiger partial charge in [0.1, 0.15) is 0 Å². The van der Waals surface area contributed by atoms with Gasteiger partial charge in [0.25, 0.3) is 0 Å². The van der Waals surface area contributed by atoms with Gasteiger partial charge in [-0.1, -0.05) is 13.8 Å². The van der Waals surface area contributed by atoms with Gasteiger partial charge in [-0.05, 0) is 31.6 Å². The summed E-state index contributed by atoms with van der Waals surface area (Å²) in [6, 6.07) is -0.333. The van der Waals surface area contributed by atoms with E-state index < -0.39 is 6.04 Å². The van der Waals surface area contributed by atoms with Crippen LogP contribution in [0.15, 0.2) is 0 Å². The highest BCUT2D eigenvalue weighted by atomic mass is 35.5. The molecule has 1 fully saturated rings. The van der Waals surface area contributed by atoms with Crippen molar-refractivity contribution in [2.45, 2.75) is 57.7 Å². The lowest BCUT2D eigenvalue weighted by Crippen LogP contribution is -2.49. The highest BCUT2D eigenvalue weighted by Gasteiger charge is 2.27. The van der Waals surface area contributed by atoms with Crippen LogP contribution in [-0.2, 0) is 14.3 Å². The summed E-state index contributed by atoms with van der Waals surface area (Å²) in [5.41, 5.74) is 5.74. The number of methoxy groups -OCH3 is 1. The van der Waals surface area contributed by atoms with E-state index in [1.54, 1.807) is 19.1 Å². The molecule has 1 saturated carbocycles. The lowest BCUT2D eigenvalue weighted by atomic mass is 9.92. The first-order chi connectivity index (χ1) is 9.86. The number of amides is 2. The molecular formula is C15H30ClN3O3. The van der Waals surface area contributed by atoms with Crippen LogP contribution in [0.2, 0.25) is 0 Å². The van der Waals surface area contributed by atoms with Gasteiger partial charge >= 0.3 is 0 Å². The molecule has 0 aromatic heterocycles. The Kier molecular flexibility index (Phi) is 9.64. The predicted molar refractivity (Wildman–Crippen MR) is 88.9 cm³/mol. The molecule has 0 saturated heterocycles. The number of nitrogens with one attached hydrogen (secondary N) is 1. The molecule has 1 aliphatic rings. The number of halogens is 1. The quantitative estimate of drug-likeness (QED) is 0.756. The van der Waals surface area contributed by atoms with E-state index in [-0.39, 0.29) is 42.7 Å². The first-order valence-electron chi connectivity index (χ1n) is 7.68. The Bertz CT molecular complexity index is 358. The first kappa shape index (κ1) is 21.1. The van der Waals surface area contributed by atoms with Gasteiger partial charge in [0.05, 0.1) is 18.7 Å². The average molecular weight is 336 g/mol. The number of hydrogen-bond donors (Lipinski definition) is 2. The van der Waals surface area contributed by atoms with Crippen molar-refractivity contribution in [2.24, 2.45) is 11.7 Å². The van der Waals surface area contributed by atoms with Crippen LogP contribution in [-0.4, -0.2) is 55.6 Å². The van der Waals surface area contributed by atoms with Crippen molar-refractivity contribution in [3.05, 3.63) is 0 Å². The normalized spacial score (nSPS) is 22.6. The summed E-state index contributed by atoms with van der Waals surface area (Å²) in [7, 11) is 3.53. The Balaban J connectivity index is 0.00000441. The van der Waals surface area contributed by atoms with Crippen molar-refractivity contribution in [3.8, 4) is 0 Å². The summed E-state index contributed by atoms with van der Waals surface area (Å²) in [6.45, 7) is 3.78. The number of likely N-dealkylation sites (N-methyl/N-ethyl adjacent to an activating group) is 1. The van der Waals surface area contributed by atoms with E-state index in [1.807, 2.05) is 13.8 Å². The number of nitrogens with zero attached hydrogens (tertiary/aromatic N) is 1. The van der Waals surface area contributed by atoms with Crippen LogP contribution in [0.3, 0.4) is 0 Å². The molecule has 0 bridgehead atoms. The molecule has 3 N–H and O–H groups in total. The van der Waals surface area contributed by atoms with Crippen LogP contribution < -0.4 is 11.1 Å². The molecule has 6 nitrogen and oxygen atoms in total. The van der Waals surface area contributed by atoms with E-state index in [4.69, 9.17) is 10.5 Å². The fourth-order valence-corrected chi connectivity index (χ4v) is 2.58. The van der Waals surface area contributed by atoms with Gasteiger partial charge < -0.3 is 20.7 Å². The molecule has 0 unspecified atom stereocenters. The zero-order valence-corrected chi connectivity index (χ0v) is 14.8. The van der Waals surface area contributed by atoms with Gasteiger partial charge in [0.15, 0.2) is 0 Å². The molecule has 0 spiro atoms. The molecule has 22 heavy (non-hydrogen) atoms. The van der Waals surface area contributed by atoms with E-state index in [0.717, 1.165) is 25.7 Å². The average Bonchev–Trinajstić information content (AvgIpc) is 2.50. The van der Waals surface area contributed by atoms with E-state index in [1.165, 1.54) is 0 Å². The number of ether oxygens (including phenoxy) is 1. The SMILES string of the molecule is COC1CCC(N(C)C(=O)CNC(=O)[C@@H](N)C(C)C)CC1.Cl. The fraction of sp³-hybridized carbons (Fsp3) is 0.867. The zero-order valence-electron chi connectivity index (χ0n) is 14.0. The molecule has 1 aliphatic carbocycles. The predicted octanol–water partition coefficient (Wildman–Crippen LogP) is 0.924. The topological polar surface area (TPSA) is 84.7 Å². The number of carbonyl (C=O) groups excluding carboxylic acids is 2. The molecule has 1 rings (SSSR count). The van der Waals surface area contributed by atoms with Gasteiger partial charge in [-0.2, -0.15) is 0 Å².